The lowest BCUT2D eigenvalue weighted by atomic mass is 10.0. The van der Waals surface area contributed by atoms with Crippen LogP contribution < -0.4 is 0 Å². The fourth-order valence-electron chi connectivity index (χ4n) is 4.19. The maximum Gasteiger partial charge on any atom is 0.216 e. The number of para-hydroxylation sites is 1. The third-order valence-corrected chi connectivity index (χ3v) is 7.56. The van der Waals surface area contributed by atoms with Crippen LogP contribution in [0.15, 0.2) is 94.9 Å². The third kappa shape index (κ3) is 3.99. The van der Waals surface area contributed by atoms with Crippen LogP contribution in [0.5, 0.6) is 0 Å². The van der Waals surface area contributed by atoms with E-state index in [1.54, 1.807) is 29.1 Å². The van der Waals surface area contributed by atoms with Crippen LogP contribution in [0, 0.1) is 11.3 Å². The van der Waals surface area contributed by atoms with Gasteiger partial charge in [0.1, 0.15) is 16.7 Å². The Bertz CT molecular complexity index is 1500. The summed E-state index contributed by atoms with van der Waals surface area (Å²) in [7, 11) is -3.95. The van der Waals surface area contributed by atoms with Gasteiger partial charge in [0.25, 0.3) is 0 Å². The smallest absolute Gasteiger partial charge is 0.216 e. The molecule has 162 valence electrons. The van der Waals surface area contributed by atoms with E-state index < -0.39 is 9.84 Å². The fraction of sp³-hybridized carbons (Fsp3) is 0.111. The third-order valence-electron chi connectivity index (χ3n) is 5.88. The summed E-state index contributed by atoms with van der Waals surface area (Å²) in [5.74, 6) is 0. The van der Waals surface area contributed by atoms with E-state index in [-0.39, 0.29) is 9.80 Å². The highest BCUT2D eigenvalue weighted by atomic mass is 32.2. The number of rotatable bonds is 5. The van der Waals surface area contributed by atoms with Gasteiger partial charge in [-0.3, -0.25) is 0 Å². The van der Waals surface area contributed by atoms with Crippen molar-refractivity contribution in [1.29, 1.82) is 5.26 Å². The van der Waals surface area contributed by atoms with Crippen LogP contribution in [0.1, 0.15) is 23.1 Å². The molecule has 1 aliphatic rings. The van der Waals surface area contributed by atoms with Gasteiger partial charge in [-0.25, -0.2) is 13.1 Å². The molecule has 0 spiro atoms. The van der Waals surface area contributed by atoms with Gasteiger partial charge >= 0.3 is 0 Å². The number of fused-ring (bicyclic) bond motifs is 1. The molecule has 1 aliphatic carbocycles. The highest BCUT2D eigenvalue weighted by Crippen LogP contribution is 2.32. The molecule has 1 heterocycles. The molecular weight excluding hydrogens is 430 g/mol. The molecule has 0 saturated carbocycles. The Kier molecular flexibility index (Phi) is 5.41. The number of nitrogens with zero attached hydrogens (tertiary/aromatic N) is 3. The topological polar surface area (TPSA) is 75.8 Å². The molecule has 33 heavy (non-hydrogen) atoms. The molecule has 0 unspecified atom stereocenters. The lowest BCUT2D eigenvalue weighted by molar-refractivity contribution is 0.603. The number of benzene rings is 3. The molecule has 5 nitrogen and oxygen atoms in total. The molecule has 0 aliphatic heterocycles. The average Bonchev–Trinajstić information content (AvgIpc) is 3.50. The van der Waals surface area contributed by atoms with Crippen LogP contribution in [0.2, 0.25) is 0 Å². The molecule has 0 saturated heterocycles. The van der Waals surface area contributed by atoms with Crippen molar-refractivity contribution >= 4 is 15.9 Å². The summed E-state index contributed by atoms with van der Waals surface area (Å²) in [5, 5.41) is 14.6. The zero-order valence-corrected chi connectivity index (χ0v) is 18.7. The predicted octanol–water partition coefficient (Wildman–Crippen LogP) is 5.37. The Labute approximate surface area is 193 Å². The lowest BCUT2D eigenvalue weighted by Crippen LogP contribution is -2.03. The van der Waals surface area contributed by atoms with Crippen molar-refractivity contribution in [2.24, 2.45) is 0 Å². The Hall–Kier alpha value is -3.95. The SMILES string of the molecule is N#CC(=Cc1cn(-c2ccccc2)nc1-c1ccc2c(c1)CCC2)S(=O)(=O)c1ccccc1. The van der Waals surface area contributed by atoms with E-state index in [9.17, 15) is 13.7 Å². The molecule has 3 aromatic carbocycles. The molecule has 0 radical (unpaired) electrons. The molecular formula is C27H21N3O2S. The van der Waals surface area contributed by atoms with Crippen molar-refractivity contribution in [3.05, 3.63) is 107 Å². The van der Waals surface area contributed by atoms with Crippen LogP contribution >= 0.6 is 0 Å². The van der Waals surface area contributed by atoms with Crippen molar-refractivity contribution in [1.82, 2.24) is 9.78 Å². The van der Waals surface area contributed by atoms with Crippen LogP contribution in [0.3, 0.4) is 0 Å². The number of aryl methyl sites for hydroxylation is 2. The van der Waals surface area contributed by atoms with E-state index in [0.717, 1.165) is 30.5 Å². The van der Waals surface area contributed by atoms with Crippen molar-refractivity contribution in [3.8, 4) is 23.0 Å². The van der Waals surface area contributed by atoms with Crippen molar-refractivity contribution in [3.63, 3.8) is 0 Å². The average molecular weight is 452 g/mol. The number of aromatic nitrogens is 2. The van der Waals surface area contributed by atoms with E-state index in [0.29, 0.717) is 11.3 Å². The van der Waals surface area contributed by atoms with Crippen LogP contribution in [0.4, 0.5) is 0 Å². The van der Waals surface area contributed by atoms with E-state index in [1.807, 2.05) is 42.5 Å². The van der Waals surface area contributed by atoms with Crippen LogP contribution in [-0.2, 0) is 22.7 Å². The van der Waals surface area contributed by atoms with Gasteiger partial charge in [0, 0.05) is 17.3 Å². The maximum atomic E-state index is 13.1. The molecule has 5 rings (SSSR count). The summed E-state index contributed by atoms with van der Waals surface area (Å²) in [6.07, 6.45) is 6.44. The van der Waals surface area contributed by atoms with Gasteiger partial charge in [0.15, 0.2) is 0 Å². The number of sulfone groups is 1. The van der Waals surface area contributed by atoms with Gasteiger partial charge in [-0.1, -0.05) is 48.5 Å². The highest BCUT2D eigenvalue weighted by molar-refractivity contribution is 7.95. The minimum atomic E-state index is -3.95. The monoisotopic (exact) mass is 451 g/mol. The zero-order valence-electron chi connectivity index (χ0n) is 17.8. The van der Waals surface area contributed by atoms with Crippen LogP contribution in [-0.4, -0.2) is 18.2 Å². The molecule has 0 fully saturated rings. The maximum absolute atomic E-state index is 13.1. The van der Waals surface area contributed by atoms with Gasteiger partial charge in [0.2, 0.25) is 9.84 Å². The Balaban J connectivity index is 1.67. The van der Waals surface area contributed by atoms with Gasteiger partial charge in [-0.05, 0) is 66.8 Å². The largest absolute Gasteiger partial charge is 0.240 e. The standard InChI is InChI=1S/C27H21N3O2S/c28-18-26(33(31,32)25-12-5-2-6-13-25)17-23-19-30(24-10-3-1-4-11-24)29-27(23)22-15-14-20-8-7-9-21(20)16-22/h1-6,10-17,19H,7-9H2. The predicted molar refractivity (Wildman–Crippen MR) is 128 cm³/mol. The Morgan fingerprint density at radius 3 is 2.36 bits per heavy atom. The van der Waals surface area contributed by atoms with Gasteiger partial charge in [0.05, 0.1) is 10.6 Å². The Morgan fingerprint density at radius 2 is 1.64 bits per heavy atom. The summed E-state index contributed by atoms with van der Waals surface area (Å²) in [6.45, 7) is 0. The molecule has 0 bridgehead atoms. The normalized spacial score (nSPS) is 13.5. The first kappa shape index (κ1) is 20.9. The molecule has 4 aromatic rings. The van der Waals surface area contributed by atoms with E-state index in [1.165, 1.54) is 29.3 Å². The van der Waals surface area contributed by atoms with Crippen molar-refractivity contribution < 1.29 is 8.42 Å². The van der Waals surface area contributed by atoms with Crippen LogP contribution in [0.25, 0.3) is 23.0 Å². The summed E-state index contributed by atoms with van der Waals surface area (Å²) < 4.78 is 28.0. The van der Waals surface area contributed by atoms with E-state index >= 15 is 0 Å². The molecule has 6 heteroatoms. The summed E-state index contributed by atoms with van der Waals surface area (Å²) in [6, 6.07) is 25.8. The first-order chi connectivity index (χ1) is 16.1. The summed E-state index contributed by atoms with van der Waals surface area (Å²) >= 11 is 0. The second-order valence-corrected chi connectivity index (χ2v) is 9.91. The fourth-order valence-corrected chi connectivity index (χ4v) is 5.36. The lowest BCUT2D eigenvalue weighted by Gasteiger charge is -2.05. The highest BCUT2D eigenvalue weighted by Gasteiger charge is 2.22. The second kappa shape index (κ2) is 8.53. The zero-order chi connectivity index (χ0) is 22.8. The quantitative estimate of drug-likeness (QED) is 0.383. The molecule has 0 atom stereocenters. The van der Waals surface area contributed by atoms with Crippen molar-refractivity contribution in [2.75, 3.05) is 0 Å². The van der Waals surface area contributed by atoms with Gasteiger partial charge in [-0.2, -0.15) is 10.4 Å². The van der Waals surface area contributed by atoms with E-state index in [4.69, 9.17) is 5.10 Å². The van der Waals surface area contributed by atoms with Crippen molar-refractivity contribution in [2.45, 2.75) is 24.2 Å². The van der Waals surface area contributed by atoms with E-state index in [2.05, 4.69) is 12.1 Å². The Morgan fingerprint density at radius 1 is 0.939 bits per heavy atom. The van der Waals surface area contributed by atoms with Gasteiger partial charge in [-0.15, -0.1) is 0 Å². The summed E-state index contributed by atoms with van der Waals surface area (Å²) in [5.41, 5.74) is 5.63. The molecule has 0 amide bonds. The minimum Gasteiger partial charge on any atom is -0.240 e. The van der Waals surface area contributed by atoms with Gasteiger partial charge < -0.3 is 0 Å². The first-order valence-electron chi connectivity index (χ1n) is 10.8. The second-order valence-electron chi connectivity index (χ2n) is 7.99. The minimum absolute atomic E-state index is 0.0901. The number of nitriles is 1. The first-order valence-corrected chi connectivity index (χ1v) is 12.2. The summed E-state index contributed by atoms with van der Waals surface area (Å²) in [4.78, 5) is -0.226. The molecule has 0 N–H and O–H groups in total. The number of allylic oxidation sites excluding steroid dienone is 1. The molecule has 1 aromatic heterocycles. The number of hydrogen-bond donors (Lipinski definition) is 0. The number of hydrogen-bond acceptors (Lipinski definition) is 4.